The largest absolute Gasteiger partial charge is 0.390 e. The summed E-state index contributed by atoms with van der Waals surface area (Å²) in [6.45, 7) is 5.61. The number of hydrogen-bond donors (Lipinski definition) is 2. The number of allylic oxidation sites excluding steroid dienone is 2. The molecule has 3 rings (SSSR count). The molecule has 0 aliphatic heterocycles. The van der Waals surface area contributed by atoms with Crippen molar-refractivity contribution in [2.45, 2.75) is 6.92 Å². The topological polar surface area (TPSA) is 81.1 Å². The van der Waals surface area contributed by atoms with Gasteiger partial charge < -0.3 is 11.1 Å². The first kappa shape index (κ1) is 18.9. The Morgan fingerprint density at radius 3 is 2.70 bits per heavy atom. The average molecular weight is 405 g/mol. The van der Waals surface area contributed by atoms with Crippen LogP contribution in [0.2, 0.25) is 10.0 Å². The van der Waals surface area contributed by atoms with Gasteiger partial charge in [0.15, 0.2) is 5.82 Å². The summed E-state index contributed by atoms with van der Waals surface area (Å²) in [5.74, 6) is 0.165. The standard InChI is InChI=1S/C18H15Cl2FN6/c1-10(2)6-15(24-9-22)25-18-11-8-27(26-16(11)14(21)7-23-18)17-12(19)4-3-5-13(17)20/h3-9H,1H2,2H3,(H2,22,24)(H,23,25)/b15-6+. The van der Waals surface area contributed by atoms with Crippen LogP contribution < -0.4 is 11.1 Å². The summed E-state index contributed by atoms with van der Waals surface area (Å²) in [7, 11) is 0. The number of rotatable bonds is 5. The molecule has 0 atom stereocenters. The summed E-state index contributed by atoms with van der Waals surface area (Å²) in [6.07, 6.45) is 5.47. The molecular formula is C18H15Cl2FN6. The van der Waals surface area contributed by atoms with E-state index in [1.54, 1.807) is 37.4 Å². The maximum atomic E-state index is 14.3. The molecule has 3 N–H and O–H groups in total. The second-order valence-electron chi connectivity index (χ2n) is 5.64. The van der Waals surface area contributed by atoms with Gasteiger partial charge in [-0.2, -0.15) is 5.10 Å². The molecule has 0 unspecified atom stereocenters. The molecule has 0 fully saturated rings. The zero-order valence-electron chi connectivity index (χ0n) is 14.2. The van der Waals surface area contributed by atoms with Gasteiger partial charge in [-0.1, -0.05) is 41.4 Å². The Hall–Kier alpha value is -2.90. The van der Waals surface area contributed by atoms with Gasteiger partial charge in [-0.3, -0.25) is 0 Å². The van der Waals surface area contributed by atoms with E-state index in [0.717, 1.165) is 18.1 Å². The third-order valence-corrected chi connectivity index (χ3v) is 4.12. The SMILES string of the molecule is C=C(C)/C=C(\N=C/N)Nc1ncc(F)c2nn(-c3c(Cl)cccc3Cl)cc12. The van der Waals surface area contributed by atoms with Crippen LogP contribution in [0.15, 0.2) is 59.6 Å². The van der Waals surface area contributed by atoms with Crippen LogP contribution in [0.1, 0.15) is 6.92 Å². The fraction of sp³-hybridized carbons (Fsp3) is 0.0556. The van der Waals surface area contributed by atoms with Gasteiger partial charge in [0.2, 0.25) is 0 Å². The van der Waals surface area contributed by atoms with Crippen molar-refractivity contribution in [3.63, 3.8) is 0 Å². The monoisotopic (exact) mass is 404 g/mol. The number of pyridine rings is 1. The van der Waals surface area contributed by atoms with Gasteiger partial charge in [-0.05, 0) is 25.1 Å². The fourth-order valence-electron chi connectivity index (χ4n) is 2.44. The number of para-hydroxylation sites is 1. The van der Waals surface area contributed by atoms with E-state index in [-0.39, 0.29) is 5.52 Å². The van der Waals surface area contributed by atoms with Crippen molar-refractivity contribution in [1.29, 1.82) is 0 Å². The molecule has 3 aromatic rings. The van der Waals surface area contributed by atoms with Gasteiger partial charge in [0.25, 0.3) is 0 Å². The van der Waals surface area contributed by atoms with Gasteiger partial charge >= 0.3 is 0 Å². The first-order valence-corrected chi connectivity index (χ1v) is 8.53. The molecule has 2 heterocycles. The summed E-state index contributed by atoms with van der Waals surface area (Å²) in [4.78, 5) is 8.12. The van der Waals surface area contributed by atoms with Gasteiger partial charge in [-0.15, -0.1) is 0 Å². The molecule has 138 valence electrons. The van der Waals surface area contributed by atoms with Crippen molar-refractivity contribution in [3.05, 3.63) is 70.5 Å². The highest BCUT2D eigenvalue weighted by Crippen LogP contribution is 2.31. The van der Waals surface area contributed by atoms with E-state index in [9.17, 15) is 4.39 Å². The Bertz CT molecular complexity index is 1070. The van der Waals surface area contributed by atoms with Crippen molar-refractivity contribution in [2.75, 3.05) is 5.32 Å². The van der Waals surface area contributed by atoms with Crippen LogP contribution in [-0.2, 0) is 0 Å². The molecule has 0 radical (unpaired) electrons. The molecule has 0 aliphatic rings. The van der Waals surface area contributed by atoms with Gasteiger partial charge in [0, 0.05) is 6.20 Å². The highest BCUT2D eigenvalue weighted by molar-refractivity contribution is 6.37. The molecule has 6 nitrogen and oxygen atoms in total. The van der Waals surface area contributed by atoms with Crippen molar-refractivity contribution < 1.29 is 4.39 Å². The van der Waals surface area contributed by atoms with Crippen molar-refractivity contribution in [1.82, 2.24) is 14.8 Å². The lowest BCUT2D eigenvalue weighted by Gasteiger charge is -2.07. The number of nitrogens with one attached hydrogen (secondary N) is 1. The summed E-state index contributed by atoms with van der Waals surface area (Å²) in [5.41, 5.74) is 6.68. The Kier molecular flexibility index (Phi) is 5.43. The molecule has 27 heavy (non-hydrogen) atoms. The van der Waals surface area contributed by atoms with Gasteiger partial charge in [0.05, 0.1) is 28.0 Å². The van der Waals surface area contributed by atoms with Crippen LogP contribution in [0.4, 0.5) is 10.2 Å². The lowest BCUT2D eigenvalue weighted by atomic mass is 10.3. The van der Waals surface area contributed by atoms with E-state index < -0.39 is 5.82 Å². The smallest absolute Gasteiger partial charge is 0.169 e. The van der Waals surface area contributed by atoms with Crippen molar-refractivity contribution >= 4 is 46.3 Å². The minimum atomic E-state index is -0.578. The zero-order valence-corrected chi connectivity index (χ0v) is 15.8. The maximum absolute atomic E-state index is 14.3. The van der Waals surface area contributed by atoms with Crippen LogP contribution in [0, 0.1) is 5.82 Å². The molecule has 0 aliphatic carbocycles. The molecule has 0 saturated heterocycles. The van der Waals surface area contributed by atoms with Crippen LogP contribution >= 0.6 is 23.2 Å². The minimum Gasteiger partial charge on any atom is -0.390 e. The van der Waals surface area contributed by atoms with E-state index >= 15 is 0 Å². The number of halogens is 3. The van der Waals surface area contributed by atoms with Crippen molar-refractivity contribution in [3.8, 4) is 5.69 Å². The summed E-state index contributed by atoms with van der Waals surface area (Å²) < 4.78 is 15.7. The molecule has 0 amide bonds. The molecule has 0 saturated carbocycles. The Labute approximate surface area is 164 Å². The van der Waals surface area contributed by atoms with Crippen LogP contribution in [0.3, 0.4) is 0 Å². The maximum Gasteiger partial charge on any atom is 0.169 e. The van der Waals surface area contributed by atoms with E-state index in [1.165, 1.54) is 4.68 Å². The second kappa shape index (κ2) is 7.77. The highest BCUT2D eigenvalue weighted by Gasteiger charge is 2.16. The van der Waals surface area contributed by atoms with E-state index in [0.29, 0.717) is 32.8 Å². The third kappa shape index (κ3) is 3.94. The molecule has 0 spiro atoms. The quantitative estimate of drug-likeness (QED) is 0.367. The molecular weight excluding hydrogens is 390 g/mol. The second-order valence-corrected chi connectivity index (χ2v) is 6.45. The number of nitrogens with zero attached hydrogens (tertiary/aromatic N) is 4. The molecule has 0 bridgehead atoms. The lowest BCUT2D eigenvalue weighted by Crippen LogP contribution is -2.03. The van der Waals surface area contributed by atoms with Gasteiger partial charge in [0.1, 0.15) is 22.8 Å². The first-order chi connectivity index (χ1) is 12.9. The summed E-state index contributed by atoms with van der Waals surface area (Å²) in [6, 6.07) is 5.06. The number of aromatic nitrogens is 3. The van der Waals surface area contributed by atoms with Gasteiger partial charge in [-0.25, -0.2) is 19.0 Å². The molecule has 2 aromatic heterocycles. The summed E-state index contributed by atoms with van der Waals surface area (Å²) in [5, 5.41) is 8.46. The van der Waals surface area contributed by atoms with Crippen molar-refractivity contribution in [2.24, 2.45) is 10.7 Å². The average Bonchev–Trinajstić information content (AvgIpc) is 3.03. The van der Waals surface area contributed by atoms with E-state index in [4.69, 9.17) is 28.9 Å². The van der Waals surface area contributed by atoms with Crippen LogP contribution in [-0.4, -0.2) is 21.1 Å². The molecule has 9 heteroatoms. The summed E-state index contributed by atoms with van der Waals surface area (Å²) >= 11 is 12.5. The van der Waals surface area contributed by atoms with Crippen LogP contribution in [0.25, 0.3) is 16.6 Å². The highest BCUT2D eigenvalue weighted by atomic mass is 35.5. The van der Waals surface area contributed by atoms with E-state index in [1.807, 2.05) is 0 Å². The lowest BCUT2D eigenvalue weighted by molar-refractivity contribution is 0.629. The number of nitrogens with two attached hydrogens (primary N) is 1. The number of fused-ring (bicyclic) bond motifs is 1. The predicted octanol–water partition coefficient (Wildman–Crippen LogP) is 4.68. The number of aliphatic imine (C=N–C) groups is 1. The van der Waals surface area contributed by atoms with Crippen LogP contribution in [0.5, 0.6) is 0 Å². The Morgan fingerprint density at radius 2 is 2.07 bits per heavy atom. The third-order valence-electron chi connectivity index (χ3n) is 3.51. The molecule has 1 aromatic carbocycles. The number of hydrogen-bond acceptors (Lipinski definition) is 4. The predicted molar refractivity (Wildman–Crippen MR) is 108 cm³/mol. The van der Waals surface area contributed by atoms with E-state index in [2.05, 4.69) is 27.0 Å². The Balaban J connectivity index is 2.15. The number of benzene rings is 1. The normalized spacial score (nSPS) is 12.1. The first-order valence-electron chi connectivity index (χ1n) is 7.77. The number of anilines is 1. The zero-order chi connectivity index (χ0) is 19.6. The fourth-order valence-corrected chi connectivity index (χ4v) is 3.01. The Morgan fingerprint density at radius 1 is 1.37 bits per heavy atom. The minimum absolute atomic E-state index is 0.106.